The number of carboxylic acids is 3. The molecule has 1 aromatic heterocycles. The lowest BCUT2D eigenvalue weighted by Crippen LogP contribution is -2.55. The molecule has 43 heavy (non-hydrogen) atoms. The minimum Gasteiger partial charge on any atom is -0.481 e. The molecule has 1 rings (SSSR count). The normalized spacial score (nSPS) is 12.0. The molecule has 1 aromatic rings. The van der Waals surface area contributed by atoms with Crippen molar-refractivity contribution in [2.24, 2.45) is 0 Å². The lowest BCUT2D eigenvalue weighted by molar-refractivity contribution is -0.144. The van der Waals surface area contributed by atoms with Crippen LogP contribution in [0.3, 0.4) is 0 Å². The molecular weight excluding hydrogens is 564 g/mol. The monoisotopic (exact) mass is 610 g/mol. The van der Waals surface area contributed by atoms with Crippen LogP contribution in [0, 0.1) is 0 Å². The van der Waals surface area contributed by atoms with Crippen LogP contribution in [-0.4, -0.2) is 107 Å². The minimum atomic E-state index is -1.62. The van der Waals surface area contributed by atoms with E-state index in [1.807, 2.05) is 27.7 Å². The Hall–Kier alpha value is -4.01. The summed E-state index contributed by atoms with van der Waals surface area (Å²) in [5, 5.41) is 32.9. The highest BCUT2D eigenvalue weighted by Crippen LogP contribution is 2.21. The van der Waals surface area contributed by atoms with E-state index in [0.717, 1.165) is 4.90 Å². The van der Waals surface area contributed by atoms with Gasteiger partial charge in [0.05, 0.1) is 31.3 Å². The van der Waals surface area contributed by atoms with E-state index in [2.05, 4.69) is 20.5 Å². The van der Waals surface area contributed by atoms with Crippen molar-refractivity contribution in [3.63, 3.8) is 0 Å². The number of amides is 3. The van der Waals surface area contributed by atoms with Crippen LogP contribution in [0.1, 0.15) is 80.0 Å². The molecule has 0 unspecified atom stereocenters. The van der Waals surface area contributed by atoms with E-state index >= 15 is 0 Å². The number of hydrogen-bond acceptors (Lipinski definition) is 8. The number of nitrogens with one attached hydrogen (secondary N) is 2. The number of aliphatic carboxylic acids is 3. The maximum Gasteiger partial charge on any atom is 0.305 e. The zero-order valence-electron chi connectivity index (χ0n) is 26.0. The molecule has 1 heterocycles. The first-order chi connectivity index (χ1) is 19.8. The van der Waals surface area contributed by atoms with Crippen LogP contribution < -0.4 is 10.6 Å². The number of aromatic nitrogens is 2. The van der Waals surface area contributed by atoms with E-state index in [1.54, 1.807) is 10.8 Å². The van der Waals surface area contributed by atoms with Gasteiger partial charge >= 0.3 is 17.9 Å². The molecule has 0 bridgehead atoms. The van der Waals surface area contributed by atoms with Crippen LogP contribution >= 0.6 is 0 Å². The van der Waals surface area contributed by atoms with E-state index < -0.39 is 79.1 Å². The van der Waals surface area contributed by atoms with Gasteiger partial charge in [-0.1, -0.05) is 6.92 Å². The lowest BCUT2D eigenvalue weighted by atomic mass is 9.88. The van der Waals surface area contributed by atoms with Crippen LogP contribution in [0.5, 0.6) is 0 Å². The average molecular weight is 611 g/mol. The van der Waals surface area contributed by atoms with Crippen LogP contribution in [-0.2, 0) is 41.9 Å². The molecule has 3 amide bonds. The van der Waals surface area contributed by atoms with Gasteiger partial charge in [0.15, 0.2) is 0 Å². The topological polar surface area (TPSA) is 211 Å². The smallest absolute Gasteiger partial charge is 0.305 e. The first-order valence-corrected chi connectivity index (χ1v) is 14.1. The number of rotatable bonds is 19. The number of carboxylic acid groups (broad SMARTS) is 3. The predicted octanol–water partition coefficient (Wildman–Crippen LogP) is 0.914. The summed E-state index contributed by atoms with van der Waals surface area (Å²) in [4.78, 5) is 81.3. The van der Waals surface area contributed by atoms with Gasteiger partial charge in [0.2, 0.25) is 17.7 Å². The Kier molecular flexibility index (Phi) is 13.8. The van der Waals surface area contributed by atoms with Gasteiger partial charge in [0, 0.05) is 30.0 Å². The summed E-state index contributed by atoms with van der Waals surface area (Å²) in [5.74, 6) is -5.41. The van der Waals surface area contributed by atoms with Gasteiger partial charge in [-0.25, -0.2) is 4.98 Å². The molecule has 5 N–H and O–H groups in total. The molecule has 0 aliphatic carbocycles. The molecule has 0 fully saturated rings. The fourth-order valence-corrected chi connectivity index (χ4v) is 4.83. The largest absolute Gasteiger partial charge is 0.481 e. The summed E-state index contributed by atoms with van der Waals surface area (Å²) in [5.41, 5.74) is -2.78. The van der Waals surface area contributed by atoms with Crippen molar-refractivity contribution in [2.75, 3.05) is 13.1 Å². The number of nitrogens with zero attached hydrogens (tertiary/aromatic N) is 4. The second-order valence-corrected chi connectivity index (χ2v) is 11.9. The highest BCUT2D eigenvalue weighted by molar-refractivity contribution is 5.90. The SMILES string of the molecule is CCC(CC(=O)O)(CC(=O)O)NC(=O)CN(CC(=O)NC(C)(C)CC(=O)O)C(=O)Cn1ccnc1CN(C(C)C)C(C)C. The Labute approximate surface area is 251 Å². The van der Waals surface area contributed by atoms with Crippen molar-refractivity contribution in [1.82, 2.24) is 30.0 Å². The Bertz CT molecular complexity index is 1140. The molecule has 0 saturated heterocycles. The summed E-state index contributed by atoms with van der Waals surface area (Å²) in [7, 11) is 0. The van der Waals surface area contributed by atoms with Gasteiger partial charge in [-0.15, -0.1) is 0 Å². The first-order valence-electron chi connectivity index (χ1n) is 14.1. The van der Waals surface area contributed by atoms with Crippen LogP contribution in [0.15, 0.2) is 12.4 Å². The van der Waals surface area contributed by atoms with Gasteiger partial charge in [0.25, 0.3) is 0 Å². The summed E-state index contributed by atoms with van der Waals surface area (Å²) in [6, 6.07) is 0.378. The van der Waals surface area contributed by atoms with Gasteiger partial charge in [-0.2, -0.15) is 0 Å². The Balaban J connectivity index is 3.29. The van der Waals surface area contributed by atoms with E-state index in [-0.39, 0.29) is 25.0 Å². The molecule has 15 heteroatoms. The molecular formula is C28H46N6O9. The van der Waals surface area contributed by atoms with Gasteiger partial charge in [-0.3, -0.25) is 33.7 Å². The van der Waals surface area contributed by atoms with Crippen molar-refractivity contribution in [3.8, 4) is 0 Å². The summed E-state index contributed by atoms with van der Waals surface area (Å²) in [6.45, 7) is 11.5. The van der Waals surface area contributed by atoms with Gasteiger partial charge in [0.1, 0.15) is 25.5 Å². The minimum absolute atomic E-state index is 0.0181. The molecule has 0 radical (unpaired) electrons. The van der Waals surface area contributed by atoms with E-state index in [0.29, 0.717) is 12.4 Å². The number of imidazole rings is 1. The Morgan fingerprint density at radius 3 is 1.79 bits per heavy atom. The van der Waals surface area contributed by atoms with Crippen LogP contribution in [0.25, 0.3) is 0 Å². The number of carbonyl (C=O) groups is 6. The van der Waals surface area contributed by atoms with Crippen LogP contribution in [0.2, 0.25) is 0 Å². The maximum absolute atomic E-state index is 13.5. The molecule has 0 saturated carbocycles. The van der Waals surface area contributed by atoms with E-state index in [9.17, 15) is 39.0 Å². The van der Waals surface area contributed by atoms with Crippen molar-refractivity contribution in [2.45, 2.75) is 110 Å². The molecule has 242 valence electrons. The average Bonchev–Trinajstić information content (AvgIpc) is 3.25. The standard InChI is InChI=1S/C28H46N6O9/c1-8-28(12-25(40)41,13-26(42)43)31-22(36)16-33(15-21(35)30-27(6,7)11-24(38)39)23(37)17-32-10-9-29-20(32)14-34(18(2)3)19(4)5/h9-10,18-19H,8,11-17H2,1-7H3,(H,30,35)(H,31,36)(H,38,39)(H,40,41)(H,42,43). The fourth-order valence-electron chi connectivity index (χ4n) is 4.83. The molecule has 0 aliphatic rings. The van der Waals surface area contributed by atoms with Crippen molar-refractivity contribution in [3.05, 3.63) is 18.2 Å². The fraction of sp³-hybridized carbons (Fsp3) is 0.679. The zero-order valence-corrected chi connectivity index (χ0v) is 26.0. The summed E-state index contributed by atoms with van der Waals surface area (Å²) < 4.78 is 1.60. The third-order valence-corrected chi connectivity index (χ3v) is 6.91. The number of hydrogen-bond donors (Lipinski definition) is 5. The molecule has 15 nitrogen and oxygen atoms in total. The van der Waals surface area contributed by atoms with Crippen molar-refractivity contribution < 1.29 is 44.1 Å². The van der Waals surface area contributed by atoms with Crippen LogP contribution in [0.4, 0.5) is 0 Å². The van der Waals surface area contributed by atoms with Crippen molar-refractivity contribution in [1.29, 1.82) is 0 Å². The molecule has 0 aliphatic heterocycles. The van der Waals surface area contributed by atoms with Crippen molar-refractivity contribution >= 4 is 35.6 Å². The second kappa shape index (κ2) is 16.0. The third-order valence-electron chi connectivity index (χ3n) is 6.91. The Morgan fingerprint density at radius 2 is 1.35 bits per heavy atom. The highest BCUT2D eigenvalue weighted by atomic mass is 16.4. The summed E-state index contributed by atoms with van der Waals surface area (Å²) in [6.07, 6.45) is 1.39. The Morgan fingerprint density at radius 1 is 0.860 bits per heavy atom. The van der Waals surface area contributed by atoms with E-state index in [1.165, 1.54) is 27.0 Å². The van der Waals surface area contributed by atoms with Gasteiger partial charge < -0.3 is 35.4 Å². The third kappa shape index (κ3) is 12.8. The summed E-state index contributed by atoms with van der Waals surface area (Å²) >= 11 is 0. The lowest BCUT2D eigenvalue weighted by Gasteiger charge is -2.33. The van der Waals surface area contributed by atoms with Gasteiger partial charge in [-0.05, 0) is 48.0 Å². The predicted molar refractivity (Wildman–Crippen MR) is 155 cm³/mol. The molecule has 0 spiro atoms. The van der Waals surface area contributed by atoms with E-state index in [4.69, 9.17) is 5.11 Å². The number of carbonyl (C=O) groups excluding carboxylic acids is 3. The molecule has 0 aromatic carbocycles. The maximum atomic E-state index is 13.5. The quantitative estimate of drug-likeness (QED) is 0.149. The first kappa shape index (κ1) is 37.0. The molecule has 0 atom stereocenters. The zero-order chi connectivity index (χ0) is 33.1. The second-order valence-electron chi connectivity index (χ2n) is 11.9. The highest BCUT2D eigenvalue weighted by Gasteiger charge is 2.36.